The monoisotopic (exact) mass is 420 g/mol. The Morgan fingerprint density at radius 1 is 1.41 bits per heavy atom. The minimum absolute atomic E-state index is 0.112. The lowest BCUT2D eigenvalue weighted by Gasteiger charge is -2.28. The zero-order chi connectivity index (χ0) is 21.8. The molecule has 9 nitrogen and oxygen atoms in total. The number of carboxylic acid groups (broad SMARTS) is 1. The predicted molar refractivity (Wildman–Crippen MR) is 94.5 cm³/mol. The van der Waals surface area contributed by atoms with E-state index in [1.54, 1.807) is 26.1 Å². The molecule has 2 aliphatic rings. The number of amides is 1. The van der Waals surface area contributed by atoms with Crippen molar-refractivity contribution in [1.82, 2.24) is 14.9 Å². The lowest BCUT2D eigenvalue weighted by Crippen LogP contribution is -2.37. The van der Waals surface area contributed by atoms with Gasteiger partial charge in [-0.15, -0.1) is 0 Å². The topological polar surface area (TPSA) is 105 Å². The van der Waals surface area contributed by atoms with Crippen LogP contribution >= 0.6 is 0 Å². The average molecular weight is 420 g/mol. The molecule has 1 amide bonds. The summed E-state index contributed by atoms with van der Waals surface area (Å²) in [4.78, 5) is 33.3. The summed E-state index contributed by atoms with van der Waals surface area (Å²) < 4.78 is 42.6. The highest BCUT2D eigenvalue weighted by Gasteiger charge is 2.52. The Kier molecular flexibility index (Phi) is 6.88. The van der Waals surface area contributed by atoms with Gasteiger partial charge in [0, 0.05) is 51.0 Å². The van der Waals surface area contributed by atoms with Crippen molar-refractivity contribution in [1.29, 1.82) is 0 Å². The molecule has 1 aromatic heterocycles. The summed E-state index contributed by atoms with van der Waals surface area (Å²) >= 11 is 0. The van der Waals surface area contributed by atoms with Crippen molar-refractivity contribution in [3.8, 4) is 5.88 Å². The van der Waals surface area contributed by atoms with Crippen LogP contribution in [0.2, 0.25) is 0 Å². The highest BCUT2D eigenvalue weighted by Crippen LogP contribution is 2.45. The normalized spacial score (nSPS) is 23.1. The Balaban J connectivity index is 0.000000370. The van der Waals surface area contributed by atoms with Crippen LogP contribution in [-0.4, -0.2) is 85.5 Å². The number of carboxylic acids is 1. The quantitative estimate of drug-likeness (QED) is 0.771. The second-order valence-electron chi connectivity index (χ2n) is 7.14. The predicted octanol–water partition coefficient (Wildman–Crippen LogP) is 1.05. The number of aromatic nitrogens is 2. The number of rotatable bonds is 4. The van der Waals surface area contributed by atoms with Gasteiger partial charge in [0.1, 0.15) is 12.1 Å². The molecule has 3 rings (SSSR count). The summed E-state index contributed by atoms with van der Waals surface area (Å²) in [5, 5.41) is 7.12. The summed E-state index contributed by atoms with van der Waals surface area (Å²) in [6, 6.07) is 1.84. The van der Waals surface area contributed by atoms with Crippen molar-refractivity contribution in [3.63, 3.8) is 0 Å². The third-order valence-corrected chi connectivity index (χ3v) is 4.93. The van der Waals surface area contributed by atoms with Crippen LogP contribution < -0.4 is 9.64 Å². The van der Waals surface area contributed by atoms with Crippen LogP contribution in [0.5, 0.6) is 5.88 Å². The van der Waals surface area contributed by atoms with Crippen LogP contribution in [0.4, 0.5) is 19.0 Å². The van der Waals surface area contributed by atoms with Crippen molar-refractivity contribution in [2.75, 3.05) is 52.4 Å². The third kappa shape index (κ3) is 5.46. The average Bonchev–Trinajstić information content (AvgIpc) is 3.18. The molecular weight excluding hydrogens is 397 g/mol. The highest BCUT2D eigenvalue weighted by atomic mass is 19.4. The molecule has 29 heavy (non-hydrogen) atoms. The van der Waals surface area contributed by atoms with Crippen molar-refractivity contribution >= 4 is 17.7 Å². The van der Waals surface area contributed by atoms with E-state index in [0.717, 1.165) is 18.9 Å². The molecule has 2 fully saturated rings. The standard InChI is InChI=1S/C15H22N4O3.C2HF3O2/c1-18(2)14(20)5-15-8-19(6-11(15)7-22-9-15)12-4-13(21-3)17-10-16-12;3-2(4,5)1(6)7/h4,10-11H,5-9H2,1-3H3;(H,6,7)/t11-,15+;/m1./s1. The number of alkyl halides is 3. The van der Waals surface area contributed by atoms with E-state index < -0.39 is 12.1 Å². The molecule has 2 saturated heterocycles. The molecule has 0 spiro atoms. The number of fused-ring (bicyclic) bond motifs is 1. The second-order valence-corrected chi connectivity index (χ2v) is 7.14. The number of halogens is 3. The first-order valence-corrected chi connectivity index (χ1v) is 8.67. The van der Waals surface area contributed by atoms with Gasteiger partial charge in [-0.25, -0.2) is 14.8 Å². The number of carbonyl (C=O) groups is 2. The van der Waals surface area contributed by atoms with E-state index in [0.29, 0.717) is 31.4 Å². The Bertz CT molecular complexity index is 746. The Labute approximate surface area is 165 Å². The van der Waals surface area contributed by atoms with E-state index in [1.807, 2.05) is 6.07 Å². The Morgan fingerprint density at radius 3 is 2.62 bits per heavy atom. The molecule has 2 aliphatic heterocycles. The Hall–Kier alpha value is -2.63. The molecule has 162 valence electrons. The van der Waals surface area contributed by atoms with Gasteiger partial charge in [-0.2, -0.15) is 13.2 Å². The maximum Gasteiger partial charge on any atom is 0.490 e. The molecular formula is C17H23F3N4O5. The molecule has 0 radical (unpaired) electrons. The van der Waals surface area contributed by atoms with Crippen molar-refractivity contribution < 1.29 is 37.3 Å². The second kappa shape index (κ2) is 8.80. The van der Waals surface area contributed by atoms with Crippen molar-refractivity contribution in [3.05, 3.63) is 12.4 Å². The van der Waals surface area contributed by atoms with Crippen LogP contribution in [-0.2, 0) is 14.3 Å². The summed E-state index contributed by atoms with van der Waals surface area (Å²) in [7, 11) is 5.19. The molecule has 0 unspecified atom stereocenters. The van der Waals surface area contributed by atoms with Crippen LogP contribution in [0, 0.1) is 11.3 Å². The lowest BCUT2D eigenvalue weighted by atomic mass is 9.78. The first kappa shape index (κ1) is 22.7. The number of aliphatic carboxylic acids is 1. The van der Waals surface area contributed by atoms with E-state index in [1.165, 1.54) is 6.33 Å². The van der Waals surface area contributed by atoms with Gasteiger partial charge in [0.05, 0.1) is 20.3 Å². The van der Waals surface area contributed by atoms with Crippen LogP contribution in [0.25, 0.3) is 0 Å². The van der Waals surface area contributed by atoms with E-state index in [2.05, 4.69) is 14.9 Å². The maximum atomic E-state index is 12.2. The molecule has 0 aliphatic carbocycles. The molecule has 1 N–H and O–H groups in total. The number of ether oxygens (including phenoxy) is 2. The summed E-state index contributed by atoms with van der Waals surface area (Å²) in [6.45, 7) is 2.97. The minimum atomic E-state index is -5.08. The van der Waals surface area contributed by atoms with E-state index in [-0.39, 0.29) is 11.3 Å². The fourth-order valence-electron chi connectivity index (χ4n) is 3.33. The van der Waals surface area contributed by atoms with Gasteiger partial charge in [-0.1, -0.05) is 0 Å². The van der Waals surface area contributed by atoms with Gasteiger partial charge in [0.25, 0.3) is 0 Å². The number of carbonyl (C=O) groups excluding carboxylic acids is 1. The third-order valence-electron chi connectivity index (χ3n) is 4.93. The number of methoxy groups -OCH3 is 1. The fraction of sp³-hybridized carbons (Fsp3) is 0.647. The fourth-order valence-corrected chi connectivity index (χ4v) is 3.33. The summed E-state index contributed by atoms with van der Waals surface area (Å²) in [5.41, 5.74) is -0.112. The highest BCUT2D eigenvalue weighted by molar-refractivity contribution is 5.76. The van der Waals surface area contributed by atoms with Crippen LogP contribution in [0.3, 0.4) is 0 Å². The van der Waals surface area contributed by atoms with Gasteiger partial charge in [-0.3, -0.25) is 4.79 Å². The van der Waals surface area contributed by atoms with E-state index >= 15 is 0 Å². The Morgan fingerprint density at radius 2 is 2.07 bits per heavy atom. The smallest absolute Gasteiger partial charge is 0.481 e. The molecule has 2 atom stereocenters. The SMILES string of the molecule is COc1cc(N2C[C@@H]3COC[C@]3(CC(=O)N(C)C)C2)ncn1.O=C(O)C(F)(F)F. The van der Waals surface area contributed by atoms with Gasteiger partial charge in [0.2, 0.25) is 11.8 Å². The number of hydrogen-bond acceptors (Lipinski definition) is 7. The first-order valence-electron chi connectivity index (χ1n) is 8.67. The molecule has 12 heteroatoms. The zero-order valence-corrected chi connectivity index (χ0v) is 16.3. The maximum absolute atomic E-state index is 12.2. The van der Waals surface area contributed by atoms with E-state index in [9.17, 15) is 18.0 Å². The van der Waals surface area contributed by atoms with E-state index in [4.69, 9.17) is 19.4 Å². The van der Waals surface area contributed by atoms with Gasteiger partial charge in [-0.05, 0) is 0 Å². The van der Waals surface area contributed by atoms with Gasteiger partial charge < -0.3 is 24.4 Å². The van der Waals surface area contributed by atoms with Crippen molar-refractivity contribution in [2.24, 2.45) is 11.3 Å². The van der Waals surface area contributed by atoms with Gasteiger partial charge >= 0.3 is 12.1 Å². The van der Waals surface area contributed by atoms with Gasteiger partial charge in [0.15, 0.2) is 0 Å². The number of hydrogen-bond donors (Lipinski definition) is 1. The molecule has 3 heterocycles. The number of anilines is 1. The summed E-state index contributed by atoms with van der Waals surface area (Å²) in [5.74, 6) is -0.850. The zero-order valence-electron chi connectivity index (χ0n) is 16.3. The molecule has 0 bridgehead atoms. The number of nitrogens with zero attached hydrogens (tertiary/aromatic N) is 4. The lowest BCUT2D eigenvalue weighted by molar-refractivity contribution is -0.192. The largest absolute Gasteiger partial charge is 0.490 e. The molecule has 1 aromatic rings. The first-order chi connectivity index (χ1) is 13.5. The van der Waals surface area contributed by atoms with Crippen LogP contribution in [0.15, 0.2) is 12.4 Å². The minimum Gasteiger partial charge on any atom is -0.481 e. The van der Waals surface area contributed by atoms with Crippen molar-refractivity contribution in [2.45, 2.75) is 12.6 Å². The van der Waals surface area contributed by atoms with Crippen LogP contribution in [0.1, 0.15) is 6.42 Å². The molecule has 0 aromatic carbocycles. The molecule has 0 saturated carbocycles. The summed E-state index contributed by atoms with van der Waals surface area (Å²) in [6.07, 6.45) is -3.06.